The third-order valence-electron chi connectivity index (χ3n) is 2.90. The van der Waals surface area contributed by atoms with E-state index in [9.17, 15) is 4.79 Å². The quantitative estimate of drug-likeness (QED) is 0.877. The number of carbonyl (C=O) groups is 1. The van der Waals surface area contributed by atoms with Crippen LogP contribution in [-0.4, -0.2) is 17.4 Å². The Labute approximate surface area is 116 Å². The van der Waals surface area contributed by atoms with Crippen molar-refractivity contribution in [1.82, 2.24) is 10.3 Å². The highest BCUT2D eigenvalue weighted by Gasteiger charge is 2.16. The second kappa shape index (κ2) is 6.45. The molecular weight excluding hydrogens is 258 g/mol. The minimum atomic E-state index is -0.621. The topological polar surface area (TPSA) is 68.0 Å². The fraction of sp³-hybridized carbons (Fsp3) is 0.286. The number of nitrogens with zero attached hydrogens (tertiary/aromatic N) is 1. The van der Waals surface area contributed by atoms with Crippen LogP contribution < -0.4 is 11.1 Å². The normalized spacial score (nSPS) is 13.8. The number of nitrogens with two attached hydrogens (primary N) is 1. The minimum absolute atomic E-state index is 0.158. The smallest absolute Gasteiger partial charge is 0.241 e. The number of thiazole rings is 1. The average molecular weight is 275 g/mol. The summed E-state index contributed by atoms with van der Waals surface area (Å²) in [6.45, 7) is 2.58. The summed E-state index contributed by atoms with van der Waals surface area (Å²) in [5.41, 5.74) is 6.74. The Kier molecular flexibility index (Phi) is 4.65. The molecule has 1 heterocycles. The lowest BCUT2D eigenvalue weighted by Gasteiger charge is -2.14. The first-order chi connectivity index (χ1) is 9.18. The van der Waals surface area contributed by atoms with Gasteiger partial charge in [-0.15, -0.1) is 11.3 Å². The Hall–Kier alpha value is -1.72. The van der Waals surface area contributed by atoms with Gasteiger partial charge in [-0.1, -0.05) is 37.3 Å². The number of carbonyl (C=O) groups excluding carboxylic acids is 1. The number of aromatic nitrogens is 1. The molecule has 0 saturated heterocycles. The van der Waals surface area contributed by atoms with E-state index in [0.717, 1.165) is 10.6 Å². The number of rotatable bonds is 5. The predicted molar refractivity (Wildman–Crippen MR) is 76.9 cm³/mol. The number of hydrogen-bond acceptors (Lipinski definition) is 4. The van der Waals surface area contributed by atoms with E-state index >= 15 is 0 Å². The van der Waals surface area contributed by atoms with Gasteiger partial charge in [0.1, 0.15) is 6.04 Å². The summed E-state index contributed by atoms with van der Waals surface area (Å²) in [5, 5.41) is 5.83. The van der Waals surface area contributed by atoms with Crippen LogP contribution >= 0.6 is 11.3 Å². The first-order valence-corrected chi connectivity index (χ1v) is 7.04. The fourth-order valence-electron chi connectivity index (χ4n) is 1.74. The SMILES string of the molecule is CC(CNC(=O)[C@H](N)c1ccccc1)c1nccs1. The van der Waals surface area contributed by atoms with Crippen molar-refractivity contribution < 1.29 is 4.79 Å². The molecule has 1 unspecified atom stereocenters. The van der Waals surface area contributed by atoms with Crippen molar-refractivity contribution in [2.24, 2.45) is 5.73 Å². The molecule has 4 nitrogen and oxygen atoms in total. The van der Waals surface area contributed by atoms with E-state index in [1.807, 2.05) is 42.6 Å². The standard InChI is InChI=1S/C14H17N3OS/c1-10(14-16-7-8-19-14)9-17-13(18)12(15)11-5-3-2-4-6-11/h2-8,10,12H,9,15H2,1H3,(H,17,18)/t10?,12-/m1/s1. The van der Waals surface area contributed by atoms with Gasteiger partial charge >= 0.3 is 0 Å². The summed E-state index contributed by atoms with van der Waals surface area (Å²) in [6.07, 6.45) is 1.77. The Morgan fingerprint density at radius 3 is 2.79 bits per heavy atom. The minimum Gasteiger partial charge on any atom is -0.354 e. The van der Waals surface area contributed by atoms with E-state index in [1.165, 1.54) is 0 Å². The van der Waals surface area contributed by atoms with Crippen LogP contribution in [0.15, 0.2) is 41.9 Å². The molecule has 3 N–H and O–H groups in total. The zero-order valence-electron chi connectivity index (χ0n) is 10.7. The Balaban J connectivity index is 1.88. The molecule has 19 heavy (non-hydrogen) atoms. The van der Waals surface area contributed by atoms with Crippen LogP contribution in [0.4, 0.5) is 0 Å². The summed E-state index contributed by atoms with van der Waals surface area (Å²) in [7, 11) is 0. The van der Waals surface area contributed by atoms with Crippen LogP contribution in [0, 0.1) is 0 Å². The Morgan fingerprint density at radius 1 is 1.42 bits per heavy atom. The Morgan fingerprint density at radius 2 is 2.16 bits per heavy atom. The summed E-state index contributed by atoms with van der Waals surface area (Å²) in [4.78, 5) is 16.2. The summed E-state index contributed by atoms with van der Waals surface area (Å²) in [5.74, 6) is 0.0431. The lowest BCUT2D eigenvalue weighted by atomic mass is 10.1. The van der Waals surface area contributed by atoms with Gasteiger partial charge in [0.15, 0.2) is 0 Å². The molecule has 100 valence electrons. The molecule has 0 saturated carbocycles. The maximum absolute atomic E-state index is 12.0. The number of benzene rings is 1. The first kappa shape index (κ1) is 13.7. The third-order valence-corrected chi connectivity index (χ3v) is 3.90. The molecule has 0 aliphatic carbocycles. The van der Waals surface area contributed by atoms with Gasteiger partial charge in [-0.3, -0.25) is 4.79 Å². The zero-order valence-corrected chi connectivity index (χ0v) is 11.6. The monoisotopic (exact) mass is 275 g/mol. The van der Waals surface area contributed by atoms with E-state index in [4.69, 9.17) is 5.73 Å². The molecule has 2 rings (SSSR count). The second-order valence-corrected chi connectivity index (χ2v) is 5.33. The van der Waals surface area contributed by atoms with Crippen molar-refractivity contribution >= 4 is 17.2 Å². The van der Waals surface area contributed by atoms with E-state index in [-0.39, 0.29) is 11.8 Å². The van der Waals surface area contributed by atoms with Gasteiger partial charge in [0.25, 0.3) is 0 Å². The van der Waals surface area contributed by atoms with Crippen LogP contribution in [0.1, 0.15) is 29.5 Å². The van der Waals surface area contributed by atoms with Crippen LogP contribution in [0.5, 0.6) is 0 Å². The van der Waals surface area contributed by atoms with Crippen molar-refractivity contribution in [2.45, 2.75) is 18.9 Å². The van der Waals surface area contributed by atoms with Crippen molar-refractivity contribution in [3.63, 3.8) is 0 Å². The van der Waals surface area contributed by atoms with E-state index < -0.39 is 6.04 Å². The number of nitrogens with one attached hydrogen (secondary N) is 1. The van der Waals surface area contributed by atoms with Crippen LogP contribution in [-0.2, 0) is 4.79 Å². The van der Waals surface area contributed by atoms with Crippen LogP contribution in [0.2, 0.25) is 0 Å². The molecule has 2 atom stereocenters. The maximum Gasteiger partial charge on any atom is 0.241 e. The largest absolute Gasteiger partial charge is 0.354 e. The van der Waals surface area contributed by atoms with E-state index in [1.54, 1.807) is 17.5 Å². The lowest BCUT2D eigenvalue weighted by molar-refractivity contribution is -0.122. The van der Waals surface area contributed by atoms with Crippen molar-refractivity contribution in [1.29, 1.82) is 0 Å². The Bertz CT molecular complexity index is 513. The van der Waals surface area contributed by atoms with Gasteiger partial charge in [0.2, 0.25) is 5.91 Å². The van der Waals surface area contributed by atoms with Gasteiger partial charge in [-0.05, 0) is 5.56 Å². The van der Waals surface area contributed by atoms with Crippen molar-refractivity contribution in [2.75, 3.05) is 6.54 Å². The van der Waals surface area contributed by atoms with Gasteiger partial charge in [-0.25, -0.2) is 4.98 Å². The molecule has 1 aromatic heterocycles. The van der Waals surface area contributed by atoms with Crippen molar-refractivity contribution in [3.8, 4) is 0 Å². The molecule has 0 spiro atoms. The van der Waals surface area contributed by atoms with Gasteiger partial charge in [0, 0.05) is 24.0 Å². The predicted octanol–water partition coefficient (Wildman–Crippen LogP) is 2.06. The van der Waals surface area contributed by atoms with Gasteiger partial charge in [0.05, 0.1) is 5.01 Å². The molecule has 0 radical (unpaired) electrons. The molecule has 1 aromatic carbocycles. The molecule has 0 aliphatic heterocycles. The van der Waals surface area contributed by atoms with Crippen molar-refractivity contribution in [3.05, 3.63) is 52.5 Å². The molecule has 0 fully saturated rings. The summed E-state index contributed by atoms with van der Waals surface area (Å²) < 4.78 is 0. The number of hydrogen-bond donors (Lipinski definition) is 2. The molecular formula is C14H17N3OS. The molecule has 2 aromatic rings. The third kappa shape index (κ3) is 3.62. The van der Waals surface area contributed by atoms with Gasteiger partial charge < -0.3 is 11.1 Å². The fourth-order valence-corrected chi connectivity index (χ4v) is 2.44. The summed E-state index contributed by atoms with van der Waals surface area (Å²) >= 11 is 1.59. The molecule has 5 heteroatoms. The lowest BCUT2D eigenvalue weighted by Crippen LogP contribution is -2.36. The molecule has 0 bridgehead atoms. The average Bonchev–Trinajstić information content (AvgIpc) is 2.98. The number of amides is 1. The van der Waals surface area contributed by atoms with Gasteiger partial charge in [-0.2, -0.15) is 0 Å². The first-order valence-electron chi connectivity index (χ1n) is 6.16. The highest BCUT2D eigenvalue weighted by atomic mass is 32.1. The zero-order chi connectivity index (χ0) is 13.7. The van der Waals surface area contributed by atoms with Crippen LogP contribution in [0.25, 0.3) is 0 Å². The molecule has 0 aliphatic rings. The van der Waals surface area contributed by atoms with E-state index in [0.29, 0.717) is 6.54 Å². The van der Waals surface area contributed by atoms with E-state index in [2.05, 4.69) is 10.3 Å². The summed E-state index contributed by atoms with van der Waals surface area (Å²) in [6, 6.07) is 8.74. The molecule has 1 amide bonds. The maximum atomic E-state index is 12.0. The second-order valence-electron chi connectivity index (χ2n) is 4.40. The highest BCUT2D eigenvalue weighted by Crippen LogP contribution is 2.17. The van der Waals surface area contributed by atoms with Crippen LogP contribution in [0.3, 0.4) is 0 Å². The highest BCUT2D eigenvalue weighted by molar-refractivity contribution is 7.09.